The maximum absolute atomic E-state index is 13.0. The molecule has 1 aromatic carbocycles. The number of hydrogen-bond acceptors (Lipinski definition) is 5. The third kappa shape index (κ3) is 5.03. The number of carbonyl (C=O) groups is 1. The Kier molecular flexibility index (Phi) is 6.49. The summed E-state index contributed by atoms with van der Waals surface area (Å²) in [6.07, 6.45) is 4.39. The van der Waals surface area contributed by atoms with Crippen molar-refractivity contribution in [2.75, 3.05) is 39.3 Å². The van der Waals surface area contributed by atoms with Crippen LogP contribution in [0.25, 0.3) is 11.9 Å². The zero-order chi connectivity index (χ0) is 21.8. The van der Waals surface area contributed by atoms with Crippen LogP contribution in [0.3, 0.4) is 0 Å². The monoisotopic (exact) mass is 418 g/mol. The molecule has 0 bridgehead atoms. The van der Waals surface area contributed by atoms with Crippen molar-refractivity contribution in [3.8, 4) is 5.82 Å². The Labute approximate surface area is 183 Å². The Bertz CT molecular complexity index is 1060. The standard InChI is InChI=1S/C25H30N4O2/c1-19-16-23(21(3)29(19)25-17-20(2)31-26-25)24(30)18-28-14-12-27(13-15-28)11-7-10-22-8-5-4-6-9-22/h4-10,16-17H,11-15,18H2,1-3H3/b10-7+. The van der Waals surface area contributed by atoms with Crippen molar-refractivity contribution in [1.82, 2.24) is 19.5 Å². The second kappa shape index (κ2) is 9.45. The van der Waals surface area contributed by atoms with Crippen molar-refractivity contribution in [2.45, 2.75) is 20.8 Å². The molecular weight excluding hydrogens is 388 g/mol. The van der Waals surface area contributed by atoms with Gasteiger partial charge in [-0.1, -0.05) is 47.6 Å². The second-order valence-electron chi connectivity index (χ2n) is 8.23. The van der Waals surface area contributed by atoms with E-state index >= 15 is 0 Å². The van der Waals surface area contributed by atoms with E-state index in [0.717, 1.165) is 61.3 Å². The van der Waals surface area contributed by atoms with Crippen LogP contribution in [-0.4, -0.2) is 64.6 Å². The summed E-state index contributed by atoms with van der Waals surface area (Å²) >= 11 is 0. The van der Waals surface area contributed by atoms with Crippen molar-refractivity contribution in [3.05, 3.63) is 76.8 Å². The van der Waals surface area contributed by atoms with E-state index in [0.29, 0.717) is 6.54 Å². The van der Waals surface area contributed by atoms with E-state index in [4.69, 9.17) is 4.52 Å². The Morgan fingerprint density at radius 3 is 2.42 bits per heavy atom. The van der Waals surface area contributed by atoms with Gasteiger partial charge < -0.3 is 4.52 Å². The van der Waals surface area contributed by atoms with Gasteiger partial charge in [-0.25, -0.2) is 0 Å². The molecule has 4 rings (SSSR count). The lowest BCUT2D eigenvalue weighted by Gasteiger charge is -2.33. The van der Waals surface area contributed by atoms with Gasteiger partial charge in [-0.15, -0.1) is 0 Å². The van der Waals surface area contributed by atoms with Crippen LogP contribution in [0.15, 0.2) is 53.1 Å². The van der Waals surface area contributed by atoms with Gasteiger partial charge in [-0.2, -0.15) is 0 Å². The van der Waals surface area contributed by atoms with Crippen LogP contribution in [-0.2, 0) is 0 Å². The fraction of sp³-hybridized carbons (Fsp3) is 0.360. The summed E-state index contributed by atoms with van der Waals surface area (Å²) in [7, 11) is 0. The summed E-state index contributed by atoms with van der Waals surface area (Å²) in [5, 5.41) is 4.10. The normalized spacial score (nSPS) is 15.7. The molecule has 1 aliphatic rings. The molecular formula is C25H30N4O2. The average Bonchev–Trinajstić information content (AvgIpc) is 3.32. The molecule has 6 heteroatoms. The first-order valence-corrected chi connectivity index (χ1v) is 10.8. The van der Waals surface area contributed by atoms with Crippen LogP contribution in [0, 0.1) is 20.8 Å². The van der Waals surface area contributed by atoms with Gasteiger partial charge in [0.15, 0.2) is 11.6 Å². The van der Waals surface area contributed by atoms with Crippen LogP contribution in [0.4, 0.5) is 0 Å². The lowest BCUT2D eigenvalue weighted by atomic mass is 10.1. The van der Waals surface area contributed by atoms with Gasteiger partial charge in [0.1, 0.15) is 5.76 Å². The molecule has 0 spiro atoms. The fourth-order valence-electron chi connectivity index (χ4n) is 4.18. The van der Waals surface area contributed by atoms with E-state index in [9.17, 15) is 4.79 Å². The van der Waals surface area contributed by atoms with Crippen LogP contribution in [0.1, 0.15) is 33.1 Å². The zero-order valence-electron chi connectivity index (χ0n) is 18.5. The molecule has 2 aromatic heterocycles. The van der Waals surface area contributed by atoms with Crippen LogP contribution >= 0.6 is 0 Å². The number of benzene rings is 1. The molecule has 3 aromatic rings. The number of carbonyl (C=O) groups excluding carboxylic acids is 1. The molecule has 0 unspecified atom stereocenters. The van der Waals surface area contributed by atoms with Crippen LogP contribution in [0.2, 0.25) is 0 Å². The number of aromatic nitrogens is 2. The van der Waals surface area contributed by atoms with Gasteiger partial charge in [0.25, 0.3) is 0 Å². The van der Waals surface area contributed by atoms with Crippen molar-refractivity contribution < 1.29 is 9.32 Å². The van der Waals surface area contributed by atoms with Gasteiger partial charge in [0, 0.05) is 55.7 Å². The largest absolute Gasteiger partial charge is 0.360 e. The van der Waals surface area contributed by atoms with E-state index in [2.05, 4.69) is 51.4 Å². The summed E-state index contributed by atoms with van der Waals surface area (Å²) in [5.41, 5.74) is 3.90. The molecule has 1 aliphatic heterocycles. The maximum atomic E-state index is 13.0. The summed E-state index contributed by atoms with van der Waals surface area (Å²) in [6.45, 7) is 11.0. The predicted octanol–water partition coefficient (Wildman–Crippen LogP) is 3.90. The van der Waals surface area contributed by atoms with Gasteiger partial charge >= 0.3 is 0 Å². The minimum absolute atomic E-state index is 0.164. The highest BCUT2D eigenvalue weighted by atomic mass is 16.5. The van der Waals surface area contributed by atoms with E-state index < -0.39 is 0 Å². The minimum Gasteiger partial charge on any atom is -0.360 e. The molecule has 0 radical (unpaired) electrons. The van der Waals surface area contributed by atoms with Gasteiger partial charge in [0.2, 0.25) is 0 Å². The first-order valence-electron chi connectivity index (χ1n) is 10.8. The molecule has 0 N–H and O–H groups in total. The lowest BCUT2D eigenvalue weighted by molar-refractivity contribution is 0.0864. The van der Waals surface area contributed by atoms with E-state index in [-0.39, 0.29) is 5.78 Å². The van der Waals surface area contributed by atoms with Crippen molar-refractivity contribution in [2.24, 2.45) is 0 Å². The fourth-order valence-corrected chi connectivity index (χ4v) is 4.18. The molecule has 0 aliphatic carbocycles. The molecule has 6 nitrogen and oxygen atoms in total. The zero-order valence-corrected chi connectivity index (χ0v) is 18.5. The quantitative estimate of drug-likeness (QED) is 0.545. The minimum atomic E-state index is 0.164. The predicted molar refractivity (Wildman–Crippen MR) is 123 cm³/mol. The number of piperazine rings is 1. The summed E-state index contributed by atoms with van der Waals surface area (Å²) in [4.78, 5) is 17.7. The molecule has 31 heavy (non-hydrogen) atoms. The summed E-state index contributed by atoms with van der Waals surface area (Å²) < 4.78 is 7.20. The molecule has 162 valence electrons. The van der Waals surface area contributed by atoms with E-state index in [1.165, 1.54) is 5.56 Å². The topological polar surface area (TPSA) is 54.5 Å². The number of nitrogens with zero attached hydrogens (tertiary/aromatic N) is 4. The summed E-state index contributed by atoms with van der Waals surface area (Å²) in [6, 6.07) is 14.2. The number of Topliss-reactive ketones (excluding diaryl/α,β-unsaturated/α-hetero) is 1. The highest BCUT2D eigenvalue weighted by molar-refractivity contribution is 5.99. The number of aryl methyl sites for hydroxylation is 2. The number of rotatable bonds is 7. The van der Waals surface area contributed by atoms with Gasteiger partial charge in [-0.3, -0.25) is 19.2 Å². The Morgan fingerprint density at radius 1 is 1.03 bits per heavy atom. The Hall–Kier alpha value is -2.96. The second-order valence-corrected chi connectivity index (χ2v) is 8.23. The highest BCUT2D eigenvalue weighted by Crippen LogP contribution is 2.21. The highest BCUT2D eigenvalue weighted by Gasteiger charge is 2.22. The molecule has 1 saturated heterocycles. The Balaban J connectivity index is 1.31. The average molecular weight is 419 g/mol. The van der Waals surface area contributed by atoms with Crippen LogP contribution < -0.4 is 0 Å². The van der Waals surface area contributed by atoms with Gasteiger partial charge in [0.05, 0.1) is 6.54 Å². The van der Waals surface area contributed by atoms with E-state index in [1.54, 1.807) is 0 Å². The van der Waals surface area contributed by atoms with Gasteiger partial charge in [-0.05, 0) is 32.4 Å². The van der Waals surface area contributed by atoms with Crippen molar-refractivity contribution in [3.63, 3.8) is 0 Å². The van der Waals surface area contributed by atoms with Crippen molar-refractivity contribution >= 4 is 11.9 Å². The molecule has 0 amide bonds. The maximum Gasteiger partial charge on any atom is 0.180 e. The third-order valence-electron chi connectivity index (χ3n) is 5.88. The smallest absolute Gasteiger partial charge is 0.180 e. The first-order chi connectivity index (χ1) is 15.0. The SMILES string of the molecule is Cc1cc(-n2c(C)cc(C(=O)CN3CCN(C/C=C/c4ccccc4)CC3)c2C)no1. The summed E-state index contributed by atoms with van der Waals surface area (Å²) in [5.74, 6) is 1.65. The van der Waals surface area contributed by atoms with Crippen molar-refractivity contribution in [1.29, 1.82) is 0 Å². The molecule has 0 saturated carbocycles. The molecule has 0 atom stereocenters. The first kappa shape index (κ1) is 21.3. The van der Waals surface area contributed by atoms with E-state index in [1.807, 2.05) is 43.5 Å². The third-order valence-corrected chi connectivity index (χ3v) is 5.88. The number of ketones is 1. The Morgan fingerprint density at radius 2 is 1.74 bits per heavy atom. The molecule has 1 fully saturated rings. The number of hydrogen-bond donors (Lipinski definition) is 0. The molecule has 3 heterocycles. The lowest BCUT2D eigenvalue weighted by Crippen LogP contribution is -2.47. The van der Waals surface area contributed by atoms with Crippen LogP contribution in [0.5, 0.6) is 0 Å².